The molecule has 45 heavy (non-hydrogen) atoms. The lowest BCUT2D eigenvalue weighted by Crippen LogP contribution is -2.44. The van der Waals surface area contributed by atoms with Gasteiger partial charge >= 0.3 is 12.1 Å². The molecule has 2 heterocycles. The lowest BCUT2D eigenvalue weighted by molar-refractivity contribution is -0.713. The molecule has 0 unspecified atom stereocenters. The van der Waals surface area contributed by atoms with E-state index in [1.807, 2.05) is 11.6 Å². The van der Waals surface area contributed by atoms with Gasteiger partial charge in [0.2, 0.25) is 11.2 Å². The highest BCUT2D eigenvalue weighted by atomic mass is 32.2. The van der Waals surface area contributed by atoms with E-state index < -0.39 is 46.5 Å². The molecule has 0 atom stereocenters. The Bertz CT molecular complexity index is 1650. The van der Waals surface area contributed by atoms with Gasteiger partial charge in [-0.25, -0.2) is 17.8 Å². The van der Waals surface area contributed by atoms with E-state index >= 15 is 0 Å². The molecule has 0 radical (unpaired) electrons. The Morgan fingerprint density at radius 3 is 2.31 bits per heavy atom. The SMILES string of the molecule is Cc1ccc(-c2cc(C(F)(F)F)nn2-c2ccc(S(=O)(=O)NC(=O)C3CCN(/[N+]([O-])=N\OCOC(=O)C(C)C)CC3)cc2)cc1. The molecule has 1 aromatic heterocycles. The van der Waals surface area contributed by atoms with Crippen molar-refractivity contribution in [1.82, 2.24) is 19.5 Å². The maximum absolute atomic E-state index is 13.5. The molecule has 2 aromatic carbocycles. The van der Waals surface area contributed by atoms with Gasteiger partial charge in [-0.2, -0.15) is 18.3 Å². The second kappa shape index (κ2) is 13.5. The Morgan fingerprint density at radius 1 is 1.11 bits per heavy atom. The third-order valence-electron chi connectivity index (χ3n) is 6.91. The lowest BCUT2D eigenvalue weighted by Gasteiger charge is -2.27. The van der Waals surface area contributed by atoms with Crippen molar-refractivity contribution in [2.75, 3.05) is 19.9 Å². The fraction of sp³-hybridized carbons (Fsp3) is 0.393. The summed E-state index contributed by atoms with van der Waals surface area (Å²) in [6.07, 6.45) is -4.42. The molecule has 242 valence electrons. The molecule has 0 aliphatic carbocycles. The van der Waals surface area contributed by atoms with Gasteiger partial charge < -0.3 is 14.8 Å². The maximum Gasteiger partial charge on any atom is 0.435 e. The standard InChI is InChI=1S/C28H31F3N6O7S/c1-18(2)27(39)43-17-44-34-37(40)35-14-12-21(13-15-35)26(38)33-45(41,42)23-10-8-22(9-11-23)36-24(16-25(32-36)28(29,30)31)20-6-4-19(3)5-7-20/h4-11,16,18,21H,12-15,17H2,1-3H3,(H,33,38)/b37-34+. The molecule has 0 bridgehead atoms. The fourth-order valence-corrected chi connectivity index (χ4v) is 5.41. The predicted molar refractivity (Wildman–Crippen MR) is 151 cm³/mol. The minimum absolute atomic E-state index is 0.0715. The van der Waals surface area contributed by atoms with E-state index in [1.54, 1.807) is 38.1 Å². The molecule has 0 spiro atoms. The van der Waals surface area contributed by atoms with Gasteiger partial charge in [0.15, 0.2) is 5.69 Å². The van der Waals surface area contributed by atoms with E-state index in [0.29, 0.717) is 5.56 Å². The third-order valence-corrected chi connectivity index (χ3v) is 8.27. The van der Waals surface area contributed by atoms with E-state index in [1.165, 1.54) is 17.1 Å². The molecule has 1 fully saturated rings. The number of carbonyl (C=O) groups is 2. The van der Waals surface area contributed by atoms with Crippen molar-refractivity contribution >= 4 is 21.9 Å². The zero-order valence-corrected chi connectivity index (χ0v) is 25.3. The molecule has 17 heteroatoms. The molecule has 1 aliphatic heterocycles. The van der Waals surface area contributed by atoms with Crippen molar-refractivity contribution in [3.8, 4) is 16.9 Å². The van der Waals surface area contributed by atoms with Crippen LogP contribution in [-0.4, -0.2) is 59.9 Å². The van der Waals surface area contributed by atoms with Crippen LogP contribution < -0.4 is 4.72 Å². The number of aromatic nitrogens is 2. The summed E-state index contributed by atoms with van der Waals surface area (Å²) in [6.45, 7) is 4.70. The summed E-state index contributed by atoms with van der Waals surface area (Å²) >= 11 is 0. The first kappa shape index (κ1) is 33.2. The molecule has 1 N–H and O–H groups in total. The fourth-order valence-electron chi connectivity index (χ4n) is 4.36. The van der Waals surface area contributed by atoms with E-state index in [2.05, 4.69) is 15.2 Å². The van der Waals surface area contributed by atoms with E-state index in [0.717, 1.165) is 28.4 Å². The van der Waals surface area contributed by atoms with Gasteiger partial charge in [-0.05, 0) is 50.1 Å². The van der Waals surface area contributed by atoms with Crippen LogP contribution >= 0.6 is 0 Å². The molecular formula is C28H31F3N6O7S. The van der Waals surface area contributed by atoms with Gasteiger partial charge in [0.25, 0.3) is 16.8 Å². The number of carbonyl (C=O) groups excluding carboxylic acids is 2. The highest BCUT2D eigenvalue weighted by molar-refractivity contribution is 7.90. The van der Waals surface area contributed by atoms with Crippen molar-refractivity contribution in [3.63, 3.8) is 0 Å². The summed E-state index contributed by atoms with van der Waals surface area (Å²) in [7, 11) is -4.33. The first-order chi connectivity index (χ1) is 21.2. The van der Waals surface area contributed by atoms with Gasteiger partial charge in [0.05, 0.1) is 40.3 Å². The lowest BCUT2D eigenvalue weighted by atomic mass is 9.97. The number of benzene rings is 2. The number of rotatable bonds is 10. The quantitative estimate of drug-likeness (QED) is 0.0840. The van der Waals surface area contributed by atoms with Crippen LogP contribution in [0, 0.1) is 24.0 Å². The number of halogens is 3. The number of amides is 1. The predicted octanol–water partition coefficient (Wildman–Crippen LogP) is 4.35. The summed E-state index contributed by atoms with van der Waals surface area (Å²) in [6, 6.07) is 12.6. The summed E-state index contributed by atoms with van der Waals surface area (Å²) in [5.41, 5.74) is 0.615. The van der Waals surface area contributed by atoms with Crippen LogP contribution in [0.5, 0.6) is 0 Å². The highest BCUT2D eigenvalue weighted by Crippen LogP contribution is 2.33. The Morgan fingerprint density at radius 2 is 1.73 bits per heavy atom. The number of nitrogens with one attached hydrogen (secondary N) is 1. The Hall–Kier alpha value is -4.67. The van der Waals surface area contributed by atoms with Crippen LogP contribution in [0.4, 0.5) is 13.2 Å². The average Bonchev–Trinajstić information content (AvgIpc) is 3.46. The second-order valence-electron chi connectivity index (χ2n) is 10.6. The van der Waals surface area contributed by atoms with Crippen molar-refractivity contribution in [2.24, 2.45) is 17.1 Å². The number of hydrogen-bond donors (Lipinski definition) is 1. The number of aryl methyl sites for hydroxylation is 1. The van der Waals surface area contributed by atoms with E-state index in [9.17, 15) is 36.4 Å². The highest BCUT2D eigenvalue weighted by Gasteiger charge is 2.35. The van der Waals surface area contributed by atoms with Crippen molar-refractivity contribution < 1.29 is 45.7 Å². The number of sulfonamides is 1. The molecular weight excluding hydrogens is 621 g/mol. The zero-order chi connectivity index (χ0) is 32.9. The first-order valence-electron chi connectivity index (χ1n) is 13.8. The number of hydrazine groups is 1. The summed E-state index contributed by atoms with van der Waals surface area (Å²) < 4.78 is 74.3. The van der Waals surface area contributed by atoms with E-state index in [4.69, 9.17) is 4.74 Å². The van der Waals surface area contributed by atoms with Crippen LogP contribution in [0.25, 0.3) is 16.9 Å². The summed E-state index contributed by atoms with van der Waals surface area (Å²) in [5.74, 6) is -2.39. The van der Waals surface area contributed by atoms with Gasteiger partial charge in [0.1, 0.15) is 0 Å². The molecule has 1 saturated heterocycles. The number of hydrogen-bond acceptors (Lipinski definition) is 9. The van der Waals surface area contributed by atoms with Crippen LogP contribution in [-0.2, 0) is 35.4 Å². The average molecular weight is 653 g/mol. The molecule has 1 aliphatic rings. The second-order valence-corrected chi connectivity index (χ2v) is 12.3. The van der Waals surface area contributed by atoms with Crippen molar-refractivity contribution in [1.29, 1.82) is 0 Å². The molecule has 1 amide bonds. The van der Waals surface area contributed by atoms with E-state index in [-0.39, 0.29) is 53.1 Å². The number of nitrogens with zero attached hydrogens (tertiary/aromatic N) is 5. The van der Waals surface area contributed by atoms with Crippen LogP contribution in [0.3, 0.4) is 0 Å². The largest absolute Gasteiger partial charge is 0.569 e. The van der Waals surface area contributed by atoms with Gasteiger partial charge in [-0.1, -0.05) is 43.7 Å². The minimum Gasteiger partial charge on any atom is -0.569 e. The maximum atomic E-state index is 13.5. The van der Waals surface area contributed by atoms with Crippen LogP contribution in [0.15, 0.2) is 64.8 Å². The summed E-state index contributed by atoms with van der Waals surface area (Å²) in [4.78, 5) is 28.7. The number of ether oxygens (including phenoxy) is 1. The number of esters is 1. The Labute approximate surface area is 256 Å². The monoisotopic (exact) mass is 652 g/mol. The first-order valence-corrected chi connectivity index (χ1v) is 15.3. The number of alkyl halides is 3. The van der Waals surface area contributed by atoms with Gasteiger partial charge in [-0.15, -0.1) is 5.01 Å². The molecule has 3 aromatic rings. The zero-order valence-electron chi connectivity index (χ0n) is 24.5. The Kier molecular flexibility index (Phi) is 10.00. The Balaban J connectivity index is 1.39. The molecule has 4 rings (SSSR count). The molecule has 13 nitrogen and oxygen atoms in total. The third kappa shape index (κ3) is 8.29. The van der Waals surface area contributed by atoms with Crippen LogP contribution in [0.2, 0.25) is 0 Å². The van der Waals surface area contributed by atoms with Crippen LogP contribution in [0.1, 0.15) is 37.9 Å². The minimum atomic E-state index is -4.70. The van der Waals surface area contributed by atoms with Crippen molar-refractivity contribution in [3.05, 3.63) is 71.1 Å². The van der Waals surface area contributed by atoms with Gasteiger partial charge in [-0.3, -0.25) is 9.59 Å². The molecule has 0 saturated carbocycles. The normalized spacial score (nSPS) is 14.8. The smallest absolute Gasteiger partial charge is 0.435 e. The summed E-state index contributed by atoms with van der Waals surface area (Å²) in [5, 5.41) is 20.3. The van der Waals surface area contributed by atoms with Crippen molar-refractivity contribution in [2.45, 2.75) is 44.7 Å². The number of piperidine rings is 1. The topological polar surface area (TPSA) is 158 Å². The van der Waals surface area contributed by atoms with Gasteiger partial charge in [0, 0.05) is 11.5 Å².